The largest absolute Gasteiger partial charge is 0.497 e. The van der Waals surface area contributed by atoms with E-state index < -0.39 is 12.0 Å². The Labute approximate surface area is 223 Å². The number of esters is 1. The molecular weight excluding hydrogens is 540 g/mol. The first kappa shape index (κ1) is 26.6. The molecule has 4 rings (SSSR count). The highest BCUT2D eigenvalue weighted by Gasteiger charge is 2.28. The van der Waals surface area contributed by atoms with Gasteiger partial charge in [0.25, 0.3) is 0 Å². The molecule has 1 fully saturated rings. The summed E-state index contributed by atoms with van der Waals surface area (Å²) in [4.78, 5) is 44.4. The second-order valence-electron chi connectivity index (χ2n) is 8.90. The van der Waals surface area contributed by atoms with Crippen molar-refractivity contribution in [2.75, 3.05) is 39.2 Å². The fourth-order valence-electron chi connectivity index (χ4n) is 4.35. The van der Waals surface area contributed by atoms with Crippen molar-refractivity contribution >= 4 is 50.3 Å². The van der Waals surface area contributed by atoms with Gasteiger partial charge >= 0.3 is 5.97 Å². The zero-order valence-electron chi connectivity index (χ0n) is 20.7. The van der Waals surface area contributed by atoms with Crippen LogP contribution in [0.5, 0.6) is 5.75 Å². The number of piperidine rings is 1. The second kappa shape index (κ2) is 12.2. The first-order chi connectivity index (χ1) is 17.9. The maximum atomic E-state index is 12.9. The predicted molar refractivity (Wildman–Crippen MR) is 143 cm³/mol. The molecule has 1 unspecified atom stereocenters. The third kappa shape index (κ3) is 6.84. The fourth-order valence-corrected chi connectivity index (χ4v) is 4.61. The number of hydrogen-bond acceptors (Lipinski definition) is 7. The summed E-state index contributed by atoms with van der Waals surface area (Å²) in [6, 6.07) is 13.7. The molecule has 1 aromatic heterocycles. The van der Waals surface area contributed by atoms with Crippen molar-refractivity contribution in [1.82, 2.24) is 15.2 Å². The Kier molecular flexibility index (Phi) is 8.73. The molecular formula is C27H29BrN4O5. The number of fused-ring (bicyclic) bond motifs is 1. The maximum absolute atomic E-state index is 12.9. The standard InChI is InChI=1S/C27H29BrN4O5/c1-36-22-7-8-23-18(14-22)13-19(15-29-23)25(27(35)37-2)31-24(33)16-32-11-9-17(10-12-32)26(34)30-21-5-3-20(28)4-6-21/h3-8,13-15,17,25H,9-12,16H2,1-2H3,(H,30,34)(H,31,33). The Morgan fingerprint density at radius 3 is 2.49 bits per heavy atom. The van der Waals surface area contributed by atoms with Gasteiger partial charge in [-0.15, -0.1) is 0 Å². The smallest absolute Gasteiger partial charge is 0.333 e. The lowest BCUT2D eigenvalue weighted by Crippen LogP contribution is -2.45. The minimum atomic E-state index is -0.991. The van der Waals surface area contributed by atoms with E-state index in [1.807, 2.05) is 47.4 Å². The summed E-state index contributed by atoms with van der Waals surface area (Å²) in [7, 11) is 2.86. The van der Waals surface area contributed by atoms with Crippen LogP contribution in [0, 0.1) is 5.92 Å². The first-order valence-corrected chi connectivity index (χ1v) is 12.7. The lowest BCUT2D eigenvalue weighted by Gasteiger charge is -2.31. The Balaban J connectivity index is 1.34. The van der Waals surface area contributed by atoms with Crippen molar-refractivity contribution in [2.24, 2.45) is 5.92 Å². The molecule has 1 saturated heterocycles. The minimum Gasteiger partial charge on any atom is -0.497 e. The van der Waals surface area contributed by atoms with Crippen LogP contribution >= 0.6 is 15.9 Å². The van der Waals surface area contributed by atoms with Crippen LogP contribution in [0.15, 0.2) is 59.2 Å². The number of pyridine rings is 1. The maximum Gasteiger partial charge on any atom is 0.333 e. The van der Waals surface area contributed by atoms with Crippen LogP contribution in [0.3, 0.4) is 0 Å². The Morgan fingerprint density at radius 2 is 1.81 bits per heavy atom. The molecule has 0 aliphatic carbocycles. The minimum absolute atomic E-state index is 0.0161. The predicted octanol–water partition coefficient (Wildman–Crippen LogP) is 3.69. The van der Waals surface area contributed by atoms with Crippen molar-refractivity contribution in [3.05, 3.63) is 64.8 Å². The number of aromatic nitrogens is 1. The number of hydrogen-bond donors (Lipinski definition) is 2. The van der Waals surface area contributed by atoms with E-state index in [4.69, 9.17) is 9.47 Å². The van der Waals surface area contributed by atoms with E-state index >= 15 is 0 Å². The van der Waals surface area contributed by atoms with Gasteiger partial charge in [0.15, 0.2) is 6.04 Å². The highest BCUT2D eigenvalue weighted by Crippen LogP contribution is 2.24. The SMILES string of the molecule is COC(=O)C(NC(=O)CN1CCC(C(=O)Nc2ccc(Br)cc2)CC1)c1cnc2ccc(OC)cc2c1. The van der Waals surface area contributed by atoms with Gasteiger partial charge in [-0.1, -0.05) is 15.9 Å². The van der Waals surface area contributed by atoms with Crippen LogP contribution in [0.25, 0.3) is 10.9 Å². The average molecular weight is 569 g/mol. The third-order valence-electron chi connectivity index (χ3n) is 6.42. The Morgan fingerprint density at radius 1 is 1.08 bits per heavy atom. The number of benzene rings is 2. The van der Waals surface area contributed by atoms with Crippen LogP contribution in [0.1, 0.15) is 24.4 Å². The van der Waals surface area contributed by atoms with E-state index in [0.717, 1.165) is 21.1 Å². The third-order valence-corrected chi connectivity index (χ3v) is 6.95. The molecule has 3 aromatic rings. The van der Waals surface area contributed by atoms with E-state index in [1.165, 1.54) is 7.11 Å². The molecule has 37 heavy (non-hydrogen) atoms. The number of carbonyl (C=O) groups excluding carboxylic acids is 3. The number of ether oxygens (including phenoxy) is 2. The molecule has 194 valence electrons. The van der Waals surface area contributed by atoms with Gasteiger partial charge in [-0.3, -0.25) is 19.5 Å². The molecule has 1 atom stereocenters. The second-order valence-corrected chi connectivity index (χ2v) is 9.81. The summed E-state index contributed by atoms with van der Waals surface area (Å²) in [6.45, 7) is 1.32. The van der Waals surface area contributed by atoms with Gasteiger partial charge in [0, 0.05) is 33.2 Å². The number of nitrogens with one attached hydrogen (secondary N) is 2. The Hall–Kier alpha value is -3.50. The molecule has 0 saturated carbocycles. The highest BCUT2D eigenvalue weighted by atomic mass is 79.9. The van der Waals surface area contributed by atoms with Gasteiger partial charge in [0.1, 0.15) is 5.75 Å². The molecule has 9 nitrogen and oxygen atoms in total. The number of nitrogens with zero attached hydrogens (tertiary/aromatic N) is 2. The van der Waals surface area contributed by atoms with Gasteiger partial charge < -0.3 is 20.1 Å². The van der Waals surface area contributed by atoms with Gasteiger partial charge in [0.2, 0.25) is 11.8 Å². The van der Waals surface area contributed by atoms with Crippen LogP contribution in [0.4, 0.5) is 5.69 Å². The monoisotopic (exact) mass is 568 g/mol. The molecule has 1 aliphatic rings. The molecule has 2 aromatic carbocycles. The summed E-state index contributed by atoms with van der Waals surface area (Å²) in [5.74, 6) is -0.359. The van der Waals surface area contributed by atoms with Crippen LogP contribution in [-0.2, 0) is 19.1 Å². The molecule has 2 amide bonds. The van der Waals surface area contributed by atoms with Gasteiger partial charge in [-0.2, -0.15) is 0 Å². The van der Waals surface area contributed by atoms with E-state index in [9.17, 15) is 14.4 Å². The molecule has 0 radical (unpaired) electrons. The highest BCUT2D eigenvalue weighted by molar-refractivity contribution is 9.10. The number of carbonyl (C=O) groups is 3. The lowest BCUT2D eigenvalue weighted by atomic mass is 9.95. The number of anilines is 1. The zero-order valence-corrected chi connectivity index (χ0v) is 22.3. The van der Waals surface area contributed by atoms with Crippen molar-refractivity contribution in [2.45, 2.75) is 18.9 Å². The first-order valence-electron chi connectivity index (χ1n) is 12.0. The molecule has 2 heterocycles. The van der Waals surface area contributed by atoms with E-state index in [1.54, 1.807) is 19.4 Å². The molecule has 2 N–H and O–H groups in total. The summed E-state index contributed by atoms with van der Waals surface area (Å²) in [5, 5.41) is 6.52. The number of rotatable bonds is 8. The van der Waals surface area contributed by atoms with Gasteiger partial charge in [0.05, 0.1) is 26.3 Å². The average Bonchev–Trinajstić information content (AvgIpc) is 2.92. The number of amides is 2. The normalized spacial score (nSPS) is 15.1. The summed E-state index contributed by atoms with van der Waals surface area (Å²) >= 11 is 3.38. The van der Waals surface area contributed by atoms with Crippen molar-refractivity contribution < 1.29 is 23.9 Å². The van der Waals surface area contributed by atoms with Crippen LogP contribution < -0.4 is 15.4 Å². The molecule has 1 aliphatic heterocycles. The molecule has 0 spiro atoms. The van der Waals surface area contributed by atoms with Gasteiger partial charge in [-0.25, -0.2) is 4.79 Å². The number of likely N-dealkylation sites (tertiary alicyclic amines) is 1. The Bertz CT molecular complexity index is 1280. The molecule has 10 heteroatoms. The van der Waals surface area contributed by atoms with E-state index in [2.05, 4.69) is 31.5 Å². The summed E-state index contributed by atoms with van der Waals surface area (Å²) < 4.78 is 11.2. The fraction of sp³-hybridized carbons (Fsp3) is 0.333. The van der Waals surface area contributed by atoms with Crippen molar-refractivity contribution in [3.63, 3.8) is 0 Å². The zero-order chi connectivity index (χ0) is 26.4. The quantitative estimate of drug-likeness (QED) is 0.399. The van der Waals surface area contributed by atoms with E-state index in [0.29, 0.717) is 37.2 Å². The van der Waals surface area contributed by atoms with Crippen molar-refractivity contribution in [3.8, 4) is 5.75 Å². The van der Waals surface area contributed by atoms with Crippen LogP contribution in [-0.4, -0.2) is 61.5 Å². The summed E-state index contributed by atoms with van der Waals surface area (Å²) in [6.07, 6.45) is 2.85. The van der Waals surface area contributed by atoms with Gasteiger partial charge in [-0.05, 0) is 74.5 Å². The number of methoxy groups -OCH3 is 2. The lowest BCUT2D eigenvalue weighted by molar-refractivity contribution is -0.145. The van der Waals surface area contributed by atoms with E-state index in [-0.39, 0.29) is 24.3 Å². The van der Waals surface area contributed by atoms with Crippen LogP contribution in [0.2, 0.25) is 0 Å². The molecule has 0 bridgehead atoms. The topological polar surface area (TPSA) is 110 Å². The van der Waals surface area contributed by atoms with Crippen molar-refractivity contribution in [1.29, 1.82) is 0 Å². The summed E-state index contributed by atoms with van der Waals surface area (Å²) in [5.41, 5.74) is 2.02. The number of halogens is 1.